The first-order valence-electron chi connectivity index (χ1n) is 13.7. The summed E-state index contributed by atoms with van der Waals surface area (Å²) in [6.07, 6.45) is 9.36. The third-order valence-electron chi connectivity index (χ3n) is 7.70. The zero-order chi connectivity index (χ0) is 25.3. The third kappa shape index (κ3) is 7.08. The van der Waals surface area contributed by atoms with Crippen LogP contribution in [0.15, 0.2) is 42.6 Å². The van der Waals surface area contributed by atoms with E-state index in [-0.39, 0.29) is 18.3 Å². The second kappa shape index (κ2) is 12.9. The molecule has 1 saturated carbocycles. The van der Waals surface area contributed by atoms with Gasteiger partial charge in [0.1, 0.15) is 5.75 Å². The summed E-state index contributed by atoms with van der Waals surface area (Å²) in [7, 11) is 0. The van der Waals surface area contributed by atoms with Crippen molar-refractivity contribution in [2.75, 3.05) is 26.3 Å². The van der Waals surface area contributed by atoms with Gasteiger partial charge in [0, 0.05) is 37.8 Å². The van der Waals surface area contributed by atoms with Crippen LogP contribution >= 0.6 is 0 Å². The van der Waals surface area contributed by atoms with Crippen LogP contribution in [-0.4, -0.2) is 48.1 Å². The summed E-state index contributed by atoms with van der Waals surface area (Å²) in [4.78, 5) is 32.3. The number of carbonyl (C=O) groups excluding carboxylic acids is 2. The van der Waals surface area contributed by atoms with Crippen LogP contribution in [0.4, 0.5) is 0 Å². The zero-order valence-corrected chi connectivity index (χ0v) is 21.8. The number of aromatic nitrogens is 1. The number of rotatable bonds is 11. The second-order valence-corrected chi connectivity index (χ2v) is 10.2. The van der Waals surface area contributed by atoms with Gasteiger partial charge in [0.25, 0.3) is 0 Å². The average molecular weight is 493 g/mol. The van der Waals surface area contributed by atoms with Crippen LogP contribution in [0.25, 0.3) is 0 Å². The van der Waals surface area contributed by atoms with Crippen LogP contribution in [0.3, 0.4) is 0 Å². The quantitative estimate of drug-likeness (QED) is 0.412. The molecule has 0 N–H and O–H groups in total. The number of hydrogen-bond acceptors (Lipinski definition) is 5. The van der Waals surface area contributed by atoms with Gasteiger partial charge in [-0.15, -0.1) is 0 Å². The maximum absolute atomic E-state index is 13.1. The summed E-state index contributed by atoms with van der Waals surface area (Å²) >= 11 is 0. The molecule has 0 spiro atoms. The standard InChI is InChI=1S/C30H40N2O4/c1-3-22-9-12-27(31-19-22)15-16-36-28-13-10-23(11-14-28)17-26(30(34)35-4-2)18-29(33)32-20-24-7-5-6-8-25(24)21-32/h9-14,19,24-26H,3-8,15-18,20-21H2,1-2H3/t24-,25+,26?. The minimum Gasteiger partial charge on any atom is -0.493 e. The summed E-state index contributed by atoms with van der Waals surface area (Å²) in [6.45, 7) is 6.50. The Morgan fingerprint density at radius 3 is 2.31 bits per heavy atom. The zero-order valence-electron chi connectivity index (χ0n) is 21.8. The number of amides is 1. The number of benzene rings is 1. The SMILES string of the molecule is CCOC(=O)C(CC(=O)N1C[C@H]2CCCC[C@H]2C1)Cc1ccc(OCCc2ccc(CC)cn2)cc1. The van der Waals surface area contributed by atoms with Crippen molar-refractivity contribution in [3.63, 3.8) is 0 Å². The Bertz CT molecular complexity index is 975. The van der Waals surface area contributed by atoms with Gasteiger partial charge in [0.2, 0.25) is 5.91 Å². The van der Waals surface area contributed by atoms with Crippen molar-refractivity contribution in [1.29, 1.82) is 0 Å². The summed E-state index contributed by atoms with van der Waals surface area (Å²) in [5.74, 6) is 1.40. The van der Waals surface area contributed by atoms with Crippen molar-refractivity contribution >= 4 is 11.9 Å². The first-order valence-corrected chi connectivity index (χ1v) is 13.7. The Labute approximate surface area is 215 Å². The van der Waals surface area contributed by atoms with Gasteiger partial charge in [-0.1, -0.05) is 38.0 Å². The number of fused-ring (bicyclic) bond motifs is 1. The number of ether oxygens (including phenoxy) is 2. The number of likely N-dealkylation sites (tertiary alicyclic amines) is 1. The van der Waals surface area contributed by atoms with Crippen LogP contribution in [0.2, 0.25) is 0 Å². The third-order valence-corrected chi connectivity index (χ3v) is 7.70. The van der Waals surface area contributed by atoms with Crippen molar-refractivity contribution in [2.45, 2.75) is 65.2 Å². The number of aryl methyl sites for hydroxylation is 1. The van der Waals surface area contributed by atoms with Crippen molar-refractivity contribution in [3.8, 4) is 5.75 Å². The van der Waals surface area contributed by atoms with E-state index in [1.807, 2.05) is 42.3 Å². The average Bonchev–Trinajstić information content (AvgIpc) is 3.34. The van der Waals surface area contributed by atoms with Crippen LogP contribution in [0, 0.1) is 17.8 Å². The number of pyridine rings is 1. The molecule has 6 nitrogen and oxygen atoms in total. The molecule has 2 aromatic rings. The topological polar surface area (TPSA) is 68.7 Å². The maximum Gasteiger partial charge on any atom is 0.309 e. The molecule has 36 heavy (non-hydrogen) atoms. The fourth-order valence-corrected chi connectivity index (χ4v) is 5.54. The molecule has 1 unspecified atom stereocenters. The highest BCUT2D eigenvalue weighted by molar-refractivity contribution is 5.83. The van der Waals surface area contributed by atoms with Gasteiger partial charge in [-0.05, 0) is 73.8 Å². The van der Waals surface area contributed by atoms with E-state index in [4.69, 9.17) is 9.47 Å². The summed E-state index contributed by atoms with van der Waals surface area (Å²) in [5.41, 5.74) is 3.25. The largest absolute Gasteiger partial charge is 0.493 e. The van der Waals surface area contributed by atoms with E-state index in [0.717, 1.165) is 42.9 Å². The van der Waals surface area contributed by atoms with Crippen molar-refractivity contribution < 1.29 is 19.1 Å². The summed E-state index contributed by atoms with van der Waals surface area (Å²) < 4.78 is 11.2. The second-order valence-electron chi connectivity index (χ2n) is 10.2. The van der Waals surface area contributed by atoms with Crippen LogP contribution in [0.5, 0.6) is 5.75 Å². The molecule has 1 amide bonds. The van der Waals surface area contributed by atoms with Gasteiger partial charge in [-0.25, -0.2) is 0 Å². The molecular weight excluding hydrogens is 452 g/mol. The number of carbonyl (C=O) groups is 2. The number of nitrogens with zero attached hydrogens (tertiary/aromatic N) is 2. The Balaban J connectivity index is 1.29. The molecule has 194 valence electrons. The molecule has 1 saturated heterocycles. The van der Waals surface area contributed by atoms with Crippen molar-refractivity contribution in [2.24, 2.45) is 17.8 Å². The lowest BCUT2D eigenvalue weighted by Gasteiger charge is -2.22. The molecule has 2 aliphatic rings. The molecule has 0 radical (unpaired) electrons. The van der Waals surface area contributed by atoms with E-state index >= 15 is 0 Å². The van der Waals surface area contributed by atoms with Gasteiger partial charge >= 0.3 is 5.97 Å². The molecule has 6 heteroatoms. The van der Waals surface area contributed by atoms with Gasteiger partial charge in [0.05, 0.1) is 19.1 Å². The van der Waals surface area contributed by atoms with E-state index in [1.165, 1.54) is 31.2 Å². The van der Waals surface area contributed by atoms with Gasteiger partial charge in [0.15, 0.2) is 0 Å². The van der Waals surface area contributed by atoms with Crippen LogP contribution in [-0.2, 0) is 33.6 Å². The molecule has 3 atom stereocenters. The van der Waals surface area contributed by atoms with Crippen molar-refractivity contribution in [1.82, 2.24) is 9.88 Å². The molecule has 4 rings (SSSR count). The normalized spacial score (nSPS) is 20.0. The van der Waals surface area contributed by atoms with E-state index < -0.39 is 5.92 Å². The van der Waals surface area contributed by atoms with Crippen LogP contribution in [0.1, 0.15) is 62.8 Å². The summed E-state index contributed by atoms with van der Waals surface area (Å²) in [5, 5.41) is 0. The highest BCUT2D eigenvalue weighted by Gasteiger charge is 2.37. The van der Waals surface area contributed by atoms with E-state index in [1.54, 1.807) is 0 Å². The monoisotopic (exact) mass is 492 g/mol. The lowest BCUT2D eigenvalue weighted by molar-refractivity contribution is -0.151. The highest BCUT2D eigenvalue weighted by atomic mass is 16.5. The first kappa shape index (κ1) is 26.2. The van der Waals surface area contributed by atoms with E-state index in [0.29, 0.717) is 31.5 Å². The Morgan fingerprint density at radius 2 is 1.69 bits per heavy atom. The fraction of sp³-hybridized carbons (Fsp3) is 0.567. The predicted octanol–water partition coefficient (Wildman–Crippen LogP) is 5.03. The molecular formula is C30H40N2O4. The Kier molecular flexibility index (Phi) is 9.37. The molecule has 0 bridgehead atoms. The van der Waals surface area contributed by atoms with Crippen LogP contribution < -0.4 is 4.74 Å². The maximum atomic E-state index is 13.1. The Morgan fingerprint density at radius 1 is 1.00 bits per heavy atom. The molecule has 1 aromatic heterocycles. The molecule has 2 fully saturated rings. The van der Waals surface area contributed by atoms with Gasteiger partial charge < -0.3 is 14.4 Å². The highest BCUT2D eigenvalue weighted by Crippen LogP contribution is 2.36. The van der Waals surface area contributed by atoms with Gasteiger partial charge in [-0.2, -0.15) is 0 Å². The van der Waals surface area contributed by atoms with E-state index in [9.17, 15) is 9.59 Å². The van der Waals surface area contributed by atoms with Gasteiger partial charge in [-0.3, -0.25) is 14.6 Å². The number of hydrogen-bond donors (Lipinski definition) is 0. The molecule has 1 aromatic carbocycles. The van der Waals surface area contributed by atoms with Crippen molar-refractivity contribution in [3.05, 3.63) is 59.4 Å². The fourth-order valence-electron chi connectivity index (χ4n) is 5.54. The first-order chi connectivity index (χ1) is 17.6. The Hall–Kier alpha value is -2.89. The number of esters is 1. The lowest BCUT2D eigenvalue weighted by atomic mass is 9.82. The minimum absolute atomic E-state index is 0.0861. The smallest absolute Gasteiger partial charge is 0.309 e. The molecule has 1 aliphatic carbocycles. The lowest BCUT2D eigenvalue weighted by Crippen LogP contribution is -2.33. The minimum atomic E-state index is -0.469. The molecule has 1 aliphatic heterocycles. The van der Waals surface area contributed by atoms with E-state index in [2.05, 4.69) is 24.0 Å². The predicted molar refractivity (Wildman–Crippen MR) is 140 cm³/mol. The summed E-state index contributed by atoms with van der Waals surface area (Å²) in [6, 6.07) is 12.0. The molecule has 2 heterocycles.